The molecule has 6 heteroatoms. The summed E-state index contributed by atoms with van der Waals surface area (Å²) in [5, 5.41) is 12.6. The number of aromatic amines is 1. The average Bonchev–Trinajstić information content (AvgIpc) is 3.25. The lowest BCUT2D eigenvalue weighted by Gasteiger charge is -2.04. The van der Waals surface area contributed by atoms with E-state index in [-0.39, 0.29) is 5.91 Å². The number of hydrogen-bond donors (Lipinski definition) is 2. The monoisotopic (exact) mass is 320 g/mol. The minimum Gasteiger partial charge on any atom is -0.321 e. The van der Waals surface area contributed by atoms with Gasteiger partial charge in [0.05, 0.1) is 16.7 Å². The topological polar surface area (TPSA) is 70.7 Å². The summed E-state index contributed by atoms with van der Waals surface area (Å²) in [6, 6.07) is 15.2. The number of H-pyrrole nitrogens is 1. The standard InChI is InChI=1S/C17H12N4OS/c22-17(16-13-3-1-2-4-14(13)20-21-16)19-12-7-5-11(6-8-12)15-9-23-10-18-15/h1-10H,(H,19,22)(H,20,21). The molecular formula is C17H12N4OS. The fourth-order valence-electron chi connectivity index (χ4n) is 2.41. The smallest absolute Gasteiger partial charge is 0.276 e. The van der Waals surface area contributed by atoms with Crippen LogP contribution in [0.2, 0.25) is 0 Å². The van der Waals surface area contributed by atoms with Crippen LogP contribution in [-0.4, -0.2) is 21.1 Å². The Morgan fingerprint density at radius 3 is 2.70 bits per heavy atom. The molecule has 0 atom stereocenters. The maximum Gasteiger partial charge on any atom is 0.276 e. The van der Waals surface area contributed by atoms with Gasteiger partial charge in [-0.15, -0.1) is 11.3 Å². The van der Waals surface area contributed by atoms with Crippen LogP contribution in [0, 0.1) is 0 Å². The Morgan fingerprint density at radius 1 is 1.09 bits per heavy atom. The van der Waals surface area contributed by atoms with Gasteiger partial charge < -0.3 is 5.32 Å². The quantitative estimate of drug-likeness (QED) is 0.600. The summed E-state index contributed by atoms with van der Waals surface area (Å²) in [5.41, 5.74) is 5.72. The summed E-state index contributed by atoms with van der Waals surface area (Å²) in [6.45, 7) is 0. The maximum absolute atomic E-state index is 12.4. The van der Waals surface area contributed by atoms with Crippen LogP contribution in [0.15, 0.2) is 59.4 Å². The number of para-hydroxylation sites is 1. The van der Waals surface area contributed by atoms with Crippen LogP contribution in [0.3, 0.4) is 0 Å². The van der Waals surface area contributed by atoms with Crippen molar-refractivity contribution in [3.8, 4) is 11.3 Å². The summed E-state index contributed by atoms with van der Waals surface area (Å²) < 4.78 is 0. The molecule has 0 unspecified atom stereocenters. The van der Waals surface area contributed by atoms with Gasteiger partial charge in [-0.25, -0.2) is 4.98 Å². The lowest BCUT2D eigenvalue weighted by Crippen LogP contribution is -2.12. The number of thiazole rings is 1. The predicted molar refractivity (Wildman–Crippen MR) is 91.6 cm³/mol. The molecule has 2 aromatic heterocycles. The number of aromatic nitrogens is 3. The third kappa shape index (κ3) is 2.60. The molecule has 0 aliphatic heterocycles. The van der Waals surface area contributed by atoms with E-state index in [0.29, 0.717) is 5.69 Å². The molecule has 0 spiro atoms. The molecule has 2 aromatic carbocycles. The number of fused-ring (bicyclic) bond motifs is 1. The molecule has 4 rings (SSSR count). The molecule has 0 fully saturated rings. The summed E-state index contributed by atoms with van der Waals surface area (Å²) in [5.74, 6) is -0.233. The lowest BCUT2D eigenvalue weighted by atomic mass is 10.1. The zero-order valence-electron chi connectivity index (χ0n) is 12.0. The maximum atomic E-state index is 12.4. The largest absolute Gasteiger partial charge is 0.321 e. The van der Waals surface area contributed by atoms with E-state index >= 15 is 0 Å². The van der Waals surface area contributed by atoms with Crippen LogP contribution in [0.4, 0.5) is 5.69 Å². The molecular weight excluding hydrogens is 308 g/mol. The number of rotatable bonds is 3. The molecule has 0 bridgehead atoms. The van der Waals surface area contributed by atoms with Crippen LogP contribution in [-0.2, 0) is 0 Å². The molecule has 2 N–H and O–H groups in total. The van der Waals surface area contributed by atoms with Gasteiger partial charge in [-0.2, -0.15) is 5.10 Å². The molecule has 23 heavy (non-hydrogen) atoms. The van der Waals surface area contributed by atoms with Gasteiger partial charge in [-0.05, 0) is 18.2 Å². The van der Waals surface area contributed by atoms with Gasteiger partial charge in [-0.3, -0.25) is 9.89 Å². The Hall–Kier alpha value is -2.99. The number of anilines is 1. The van der Waals surface area contributed by atoms with E-state index in [0.717, 1.165) is 27.8 Å². The van der Waals surface area contributed by atoms with Crippen LogP contribution in [0.5, 0.6) is 0 Å². The highest BCUT2D eigenvalue weighted by atomic mass is 32.1. The van der Waals surface area contributed by atoms with Crippen LogP contribution in [0.1, 0.15) is 10.5 Å². The molecule has 0 saturated heterocycles. The van der Waals surface area contributed by atoms with Gasteiger partial charge in [-0.1, -0.05) is 30.3 Å². The summed E-state index contributed by atoms with van der Waals surface area (Å²) in [6.07, 6.45) is 0. The Kier molecular flexibility index (Phi) is 3.36. The van der Waals surface area contributed by atoms with E-state index in [1.807, 2.05) is 53.9 Å². The van der Waals surface area contributed by atoms with Crippen molar-refractivity contribution in [1.29, 1.82) is 0 Å². The van der Waals surface area contributed by atoms with Crippen molar-refractivity contribution in [1.82, 2.24) is 15.2 Å². The fourth-order valence-corrected chi connectivity index (χ4v) is 2.97. The second kappa shape index (κ2) is 5.66. The summed E-state index contributed by atoms with van der Waals surface area (Å²) >= 11 is 1.56. The van der Waals surface area contributed by atoms with Gasteiger partial charge in [0, 0.05) is 22.0 Å². The molecule has 4 aromatic rings. The van der Waals surface area contributed by atoms with Crippen molar-refractivity contribution in [3.63, 3.8) is 0 Å². The third-order valence-corrected chi connectivity index (χ3v) is 4.14. The van der Waals surface area contributed by atoms with E-state index in [4.69, 9.17) is 0 Å². The van der Waals surface area contributed by atoms with E-state index in [9.17, 15) is 4.79 Å². The van der Waals surface area contributed by atoms with Crippen LogP contribution >= 0.6 is 11.3 Å². The summed E-state index contributed by atoms with van der Waals surface area (Å²) in [4.78, 5) is 16.7. The molecule has 2 heterocycles. The van der Waals surface area contributed by atoms with Gasteiger partial charge in [0.15, 0.2) is 5.69 Å². The fraction of sp³-hybridized carbons (Fsp3) is 0. The van der Waals surface area contributed by atoms with Gasteiger partial charge >= 0.3 is 0 Å². The first-order chi connectivity index (χ1) is 11.3. The second-order valence-corrected chi connectivity index (χ2v) is 5.74. The predicted octanol–water partition coefficient (Wildman–Crippen LogP) is 3.94. The van der Waals surface area contributed by atoms with Crippen molar-refractivity contribution >= 4 is 33.8 Å². The molecule has 0 saturated carbocycles. The minimum absolute atomic E-state index is 0.233. The molecule has 1 amide bonds. The first-order valence-corrected chi connectivity index (χ1v) is 7.98. The highest BCUT2D eigenvalue weighted by Gasteiger charge is 2.13. The first-order valence-electron chi connectivity index (χ1n) is 7.04. The minimum atomic E-state index is -0.233. The number of nitrogens with zero attached hydrogens (tertiary/aromatic N) is 2. The number of benzene rings is 2. The van der Waals surface area contributed by atoms with E-state index in [1.165, 1.54) is 0 Å². The summed E-state index contributed by atoms with van der Waals surface area (Å²) in [7, 11) is 0. The van der Waals surface area contributed by atoms with Crippen molar-refractivity contribution < 1.29 is 4.79 Å². The Balaban J connectivity index is 1.57. The van der Waals surface area contributed by atoms with Gasteiger partial charge in [0.1, 0.15) is 0 Å². The number of nitrogens with one attached hydrogen (secondary N) is 2. The number of carbonyl (C=O) groups excluding carboxylic acids is 1. The third-order valence-electron chi connectivity index (χ3n) is 3.56. The molecule has 0 radical (unpaired) electrons. The van der Waals surface area contributed by atoms with Crippen LogP contribution in [0.25, 0.3) is 22.2 Å². The lowest BCUT2D eigenvalue weighted by molar-refractivity contribution is 0.102. The highest BCUT2D eigenvalue weighted by molar-refractivity contribution is 7.07. The molecule has 112 valence electrons. The average molecular weight is 320 g/mol. The highest BCUT2D eigenvalue weighted by Crippen LogP contribution is 2.22. The normalized spacial score (nSPS) is 10.8. The number of amides is 1. The Bertz CT molecular complexity index is 958. The van der Waals surface area contributed by atoms with Crippen LogP contribution < -0.4 is 5.32 Å². The van der Waals surface area contributed by atoms with Crippen molar-refractivity contribution in [2.45, 2.75) is 0 Å². The molecule has 0 aliphatic carbocycles. The van der Waals surface area contributed by atoms with E-state index in [2.05, 4.69) is 20.5 Å². The van der Waals surface area contributed by atoms with E-state index in [1.54, 1.807) is 16.8 Å². The Morgan fingerprint density at radius 2 is 1.91 bits per heavy atom. The van der Waals surface area contributed by atoms with Gasteiger partial charge in [0.2, 0.25) is 0 Å². The zero-order valence-corrected chi connectivity index (χ0v) is 12.8. The SMILES string of the molecule is O=C(Nc1ccc(-c2cscn2)cc1)c1n[nH]c2ccccc12. The van der Waals surface area contributed by atoms with Gasteiger partial charge in [0.25, 0.3) is 5.91 Å². The number of carbonyl (C=O) groups is 1. The number of hydrogen-bond acceptors (Lipinski definition) is 4. The van der Waals surface area contributed by atoms with Crippen molar-refractivity contribution in [3.05, 3.63) is 65.1 Å². The second-order valence-electron chi connectivity index (χ2n) is 5.02. The molecule has 5 nitrogen and oxygen atoms in total. The molecule has 0 aliphatic rings. The van der Waals surface area contributed by atoms with Crippen molar-refractivity contribution in [2.24, 2.45) is 0 Å². The zero-order chi connectivity index (χ0) is 15.6. The van der Waals surface area contributed by atoms with E-state index < -0.39 is 0 Å². The first kappa shape index (κ1) is 13.7. The Labute approximate surface area is 136 Å². The van der Waals surface area contributed by atoms with Crippen molar-refractivity contribution in [2.75, 3.05) is 5.32 Å².